The zero-order chi connectivity index (χ0) is 20.1. The first-order valence-corrected chi connectivity index (χ1v) is 9.21. The molecule has 0 aliphatic rings. The van der Waals surface area contributed by atoms with E-state index in [0.29, 0.717) is 11.4 Å². The van der Waals surface area contributed by atoms with Crippen molar-refractivity contribution in [3.8, 4) is 5.75 Å². The summed E-state index contributed by atoms with van der Waals surface area (Å²) in [4.78, 5) is 12.9. The molecule has 0 bridgehead atoms. The minimum absolute atomic E-state index is 0.0390. The normalized spacial score (nSPS) is 12.3. The lowest BCUT2D eigenvalue weighted by atomic mass is 9.87. The molecule has 144 valence electrons. The third-order valence-corrected chi connectivity index (χ3v) is 4.43. The number of carbonyl (C=O) groups excluding carboxylic acids is 1. The van der Waals surface area contributed by atoms with Crippen LogP contribution in [0.25, 0.3) is 0 Å². The molecule has 0 aliphatic carbocycles. The number of rotatable bonds is 5. The summed E-state index contributed by atoms with van der Waals surface area (Å²) in [5, 5.41) is 2.79. The molecule has 0 spiro atoms. The molecule has 0 unspecified atom stereocenters. The smallest absolute Gasteiger partial charge is 0.270 e. The summed E-state index contributed by atoms with van der Waals surface area (Å²) in [6, 6.07) is 22.7. The number of nitrogens with one attached hydrogen (secondary N) is 1. The van der Waals surface area contributed by atoms with Gasteiger partial charge in [0.05, 0.1) is 0 Å². The fourth-order valence-corrected chi connectivity index (χ4v) is 2.81. The van der Waals surface area contributed by atoms with Crippen LogP contribution in [-0.2, 0) is 10.2 Å². The van der Waals surface area contributed by atoms with E-state index in [4.69, 9.17) is 4.74 Å². The number of benzene rings is 3. The van der Waals surface area contributed by atoms with E-state index in [1.165, 1.54) is 29.8 Å². The lowest BCUT2D eigenvalue weighted by molar-refractivity contribution is -0.123. The Morgan fingerprint density at radius 1 is 0.893 bits per heavy atom. The van der Waals surface area contributed by atoms with Gasteiger partial charge < -0.3 is 10.1 Å². The van der Waals surface area contributed by atoms with E-state index in [0.717, 1.165) is 5.56 Å². The van der Waals surface area contributed by atoms with Gasteiger partial charge in [-0.1, -0.05) is 63.2 Å². The zero-order valence-electron chi connectivity index (χ0n) is 16.3. The molecule has 0 fully saturated rings. The Labute approximate surface area is 165 Å². The second-order valence-corrected chi connectivity index (χ2v) is 7.68. The highest BCUT2D eigenvalue weighted by molar-refractivity contribution is 5.95. The van der Waals surface area contributed by atoms with Crippen molar-refractivity contribution in [2.45, 2.75) is 32.3 Å². The summed E-state index contributed by atoms with van der Waals surface area (Å²) in [7, 11) is 0. The molecular formula is C24H24FNO2. The SMILES string of the molecule is CC(C)(C)c1ccc(O[C@H](C(=O)Nc2ccc(F)cc2)c2ccccc2)cc1. The van der Waals surface area contributed by atoms with Crippen molar-refractivity contribution in [3.05, 3.63) is 95.8 Å². The molecule has 1 amide bonds. The predicted molar refractivity (Wildman–Crippen MR) is 110 cm³/mol. The fraction of sp³-hybridized carbons (Fsp3) is 0.208. The van der Waals surface area contributed by atoms with Crippen molar-refractivity contribution in [2.75, 3.05) is 5.32 Å². The van der Waals surface area contributed by atoms with E-state index in [1.54, 1.807) is 0 Å². The van der Waals surface area contributed by atoms with Gasteiger partial charge in [0, 0.05) is 11.3 Å². The third kappa shape index (κ3) is 4.97. The highest BCUT2D eigenvalue weighted by Crippen LogP contribution is 2.28. The van der Waals surface area contributed by atoms with Crippen molar-refractivity contribution in [3.63, 3.8) is 0 Å². The average Bonchev–Trinajstić information content (AvgIpc) is 2.68. The van der Waals surface area contributed by atoms with Crippen LogP contribution < -0.4 is 10.1 Å². The molecule has 0 saturated carbocycles. The fourth-order valence-electron chi connectivity index (χ4n) is 2.81. The maximum absolute atomic E-state index is 13.1. The van der Waals surface area contributed by atoms with Crippen molar-refractivity contribution in [1.82, 2.24) is 0 Å². The minimum Gasteiger partial charge on any atom is -0.476 e. The maximum Gasteiger partial charge on any atom is 0.270 e. The summed E-state index contributed by atoms with van der Waals surface area (Å²) in [5.41, 5.74) is 2.48. The number of ether oxygens (including phenoxy) is 1. The van der Waals surface area contributed by atoms with Gasteiger partial charge in [0.15, 0.2) is 0 Å². The number of halogens is 1. The molecule has 0 aliphatic heterocycles. The predicted octanol–water partition coefficient (Wildman–Crippen LogP) is 5.88. The number of hydrogen-bond acceptors (Lipinski definition) is 2. The summed E-state index contributed by atoms with van der Waals surface area (Å²) < 4.78 is 19.2. The van der Waals surface area contributed by atoms with Gasteiger partial charge in [-0.3, -0.25) is 4.79 Å². The molecule has 0 radical (unpaired) electrons. The second-order valence-electron chi connectivity index (χ2n) is 7.68. The van der Waals surface area contributed by atoms with Gasteiger partial charge in [-0.15, -0.1) is 0 Å². The van der Waals surface area contributed by atoms with E-state index in [9.17, 15) is 9.18 Å². The van der Waals surface area contributed by atoms with Crippen molar-refractivity contribution in [1.29, 1.82) is 0 Å². The summed E-state index contributed by atoms with van der Waals surface area (Å²) in [6.45, 7) is 6.43. The Balaban J connectivity index is 1.83. The van der Waals surface area contributed by atoms with Crippen LogP contribution in [-0.4, -0.2) is 5.91 Å². The molecule has 0 aromatic heterocycles. The van der Waals surface area contributed by atoms with E-state index < -0.39 is 6.10 Å². The lowest BCUT2D eigenvalue weighted by Gasteiger charge is -2.21. The van der Waals surface area contributed by atoms with Crippen molar-refractivity contribution >= 4 is 11.6 Å². The number of amides is 1. The zero-order valence-corrected chi connectivity index (χ0v) is 16.3. The summed E-state index contributed by atoms with van der Waals surface area (Å²) >= 11 is 0. The number of hydrogen-bond donors (Lipinski definition) is 1. The van der Waals surface area contributed by atoms with Crippen LogP contribution in [0.4, 0.5) is 10.1 Å². The quantitative estimate of drug-likeness (QED) is 0.603. The van der Waals surface area contributed by atoms with Gasteiger partial charge in [0.2, 0.25) is 6.10 Å². The Hall–Kier alpha value is -3.14. The van der Waals surface area contributed by atoms with Gasteiger partial charge in [0.1, 0.15) is 11.6 Å². The van der Waals surface area contributed by atoms with Crippen LogP contribution in [0.5, 0.6) is 5.75 Å². The van der Waals surface area contributed by atoms with Gasteiger partial charge in [-0.05, 0) is 47.4 Å². The molecular weight excluding hydrogens is 353 g/mol. The molecule has 3 nitrogen and oxygen atoms in total. The molecule has 4 heteroatoms. The van der Waals surface area contributed by atoms with E-state index in [1.807, 2.05) is 54.6 Å². The third-order valence-electron chi connectivity index (χ3n) is 4.43. The largest absolute Gasteiger partial charge is 0.476 e. The number of anilines is 1. The molecule has 1 atom stereocenters. The van der Waals surface area contributed by atoms with E-state index in [-0.39, 0.29) is 17.1 Å². The first-order chi connectivity index (χ1) is 13.3. The molecule has 1 N–H and O–H groups in total. The van der Waals surface area contributed by atoms with Crippen LogP contribution in [0.2, 0.25) is 0 Å². The molecule has 0 heterocycles. The average molecular weight is 377 g/mol. The number of carbonyl (C=O) groups is 1. The van der Waals surface area contributed by atoms with Crippen LogP contribution in [0.3, 0.4) is 0 Å². The molecule has 3 aromatic rings. The Morgan fingerprint density at radius 3 is 2.07 bits per heavy atom. The molecule has 3 aromatic carbocycles. The first kappa shape index (κ1) is 19.6. The van der Waals surface area contributed by atoms with Crippen molar-refractivity contribution < 1.29 is 13.9 Å². The van der Waals surface area contributed by atoms with Crippen LogP contribution in [0.15, 0.2) is 78.9 Å². The van der Waals surface area contributed by atoms with Crippen LogP contribution in [0, 0.1) is 5.82 Å². The maximum atomic E-state index is 13.1. The molecule has 0 saturated heterocycles. The standard InChI is InChI=1S/C24H24FNO2/c1-24(2,3)18-9-15-21(16-10-18)28-22(17-7-5-4-6-8-17)23(27)26-20-13-11-19(25)12-14-20/h4-16,22H,1-3H3,(H,26,27)/t22-/m0/s1. The Morgan fingerprint density at radius 2 is 1.50 bits per heavy atom. The summed E-state index contributed by atoms with van der Waals surface area (Å²) in [6.07, 6.45) is -0.827. The first-order valence-electron chi connectivity index (χ1n) is 9.21. The summed E-state index contributed by atoms with van der Waals surface area (Å²) in [5.74, 6) is -0.0680. The van der Waals surface area contributed by atoms with E-state index >= 15 is 0 Å². The molecule has 28 heavy (non-hydrogen) atoms. The van der Waals surface area contributed by atoms with Gasteiger partial charge >= 0.3 is 0 Å². The van der Waals surface area contributed by atoms with Gasteiger partial charge in [-0.2, -0.15) is 0 Å². The van der Waals surface area contributed by atoms with Gasteiger partial charge in [-0.25, -0.2) is 4.39 Å². The molecule has 3 rings (SSSR count). The van der Waals surface area contributed by atoms with E-state index in [2.05, 4.69) is 26.1 Å². The van der Waals surface area contributed by atoms with Crippen molar-refractivity contribution in [2.24, 2.45) is 0 Å². The van der Waals surface area contributed by atoms with Crippen LogP contribution in [0.1, 0.15) is 38.0 Å². The highest BCUT2D eigenvalue weighted by atomic mass is 19.1. The van der Waals surface area contributed by atoms with Gasteiger partial charge in [0.25, 0.3) is 5.91 Å². The Kier molecular flexibility index (Phi) is 5.78. The monoisotopic (exact) mass is 377 g/mol. The minimum atomic E-state index is -0.827. The topological polar surface area (TPSA) is 38.3 Å². The Bertz CT molecular complexity index is 914. The lowest BCUT2D eigenvalue weighted by Crippen LogP contribution is -2.25. The highest BCUT2D eigenvalue weighted by Gasteiger charge is 2.23. The second kappa shape index (κ2) is 8.26. The van der Waals surface area contributed by atoms with Crippen LogP contribution >= 0.6 is 0 Å².